The second kappa shape index (κ2) is 6.17. The summed E-state index contributed by atoms with van der Waals surface area (Å²) in [6.45, 7) is 0. The third-order valence-corrected chi connectivity index (χ3v) is 3.79. The number of rotatable bonds is 3. The molecule has 0 spiro atoms. The number of methoxy groups -OCH3 is 1. The number of benzene rings is 2. The normalized spacial score (nSPS) is 10.9. The van der Waals surface area contributed by atoms with Gasteiger partial charge in [-0.05, 0) is 29.8 Å². The highest BCUT2D eigenvalue weighted by Gasteiger charge is 2.16. The van der Waals surface area contributed by atoms with Crippen molar-refractivity contribution in [1.29, 1.82) is 0 Å². The van der Waals surface area contributed by atoms with Crippen LogP contribution in [0, 0.1) is 0 Å². The first kappa shape index (κ1) is 15.4. The molecule has 0 heterocycles. The lowest BCUT2D eigenvalue weighted by atomic mass is 10.0. The summed E-state index contributed by atoms with van der Waals surface area (Å²) in [6, 6.07) is 7.43. The van der Waals surface area contributed by atoms with Crippen LogP contribution in [0.3, 0.4) is 0 Å². The fraction of sp³-hybridized carbons (Fsp3) is 0.143. The first-order valence-electron chi connectivity index (χ1n) is 5.55. The van der Waals surface area contributed by atoms with E-state index in [0.717, 1.165) is 0 Å². The van der Waals surface area contributed by atoms with E-state index in [0.29, 0.717) is 26.2 Å². The van der Waals surface area contributed by atoms with Crippen LogP contribution < -0.4 is 4.74 Å². The average Bonchev–Trinajstić information content (AvgIpc) is 2.41. The fourth-order valence-corrected chi connectivity index (χ4v) is 2.54. The van der Waals surface area contributed by atoms with Crippen molar-refractivity contribution in [3.63, 3.8) is 0 Å². The molecule has 6 heteroatoms. The van der Waals surface area contributed by atoms with Crippen LogP contribution in [0.5, 0.6) is 5.75 Å². The van der Waals surface area contributed by atoms with Crippen molar-refractivity contribution in [3.05, 3.63) is 51.0 Å². The molecule has 0 aromatic heterocycles. The van der Waals surface area contributed by atoms with Gasteiger partial charge in [0.1, 0.15) is 5.75 Å². The van der Waals surface area contributed by atoms with Gasteiger partial charge in [-0.3, -0.25) is 0 Å². The van der Waals surface area contributed by atoms with Crippen LogP contribution in [-0.4, -0.2) is 7.11 Å². The maximum Gasteiger partial charge on any atom is 0.267 e. The maximum absolute atomic E-state index is 12.8. The Labute approximate surface area is 130 Å². The van der Waals surface area contributed by atoms with Gasteiger partial charge in [-0.2, -0.15) is 0 Å². The van der Waals surface area contributed by atoms with Gasteiger partial charge in [0.25, 0.3) is 6.43 Å². The van der Waals surface area contributed by atoms with Gasteiger partial charge in [-0.15, -0.1) is 0 Å². The van der Waals surface area contributed by atoms with Gasteiger partial charge in [0, 0.05) is 10.6 Å². The lowest BCUT2D eigenvalue weighted by molar-refractivity contribution is 0.147. The van der Waals surface area contributed by atoms with Crippen molar-refractivity contribution < 1.29 is 13.5 Å². The van der Waals surface area contributed by atoms with Crippen LogP contribution in [0.1, 0.15) is 12.0 Å². The first-order chi connectivity index (χ1) is 9.43. The molecule has 2 aromatic rings. The summed E-state index contributed by atoms with van der Waals surface area (Å²) in [6.07, 6.45) is -2.61. The van der Waals surface area contributed by atoms with Crippen LogP contribution in [0.2, 0.25) is 15.1 Å². The van der Waals surface area contributed by atoms with Gasteiger partial charge in [-0.25, -0.2) is 8.78 Å². The molecule has 106 valence electrons. The molecule has 0 saturated carbocycles. The van der Waals surface area contributed by atoms with Crippen molar-refractivity contribution in [2.24, 2.45) is 0 Å². The van der Waals surface area contributed by atoms with E-state index in [4.69, 9.17) is 39.5 Å². The van der Waals surface area contributed by atoms with Gasteiger partial charge in [0.2, 0.25) is 0 Å². The smallest absolute Gasteiger partial charge is 0.267 e. The Morgan fingerprint density at radius 3 is 2.35 bits per heavy atom. The largest absolute Gasteiger partial charge is 0.496 e. The Balaban J connectivity index is 2.59. The van der Waals surface area contributed by atoms with Gasteiger partial charge in [-0.1, -0.05) is 40.9 Å². The minimum absolute atomic E-state index is 0.0877. The molecule has 0 aliphatic carbocycles. The minimum Gasteiger partial charge on any atom is -0.496 e. The summed E-state index contributed by atoms with van der Waals surface area (Å²) in [4.78, 5) is 0. The van der Waals surface area contributed by atoms with E-state index in [1.165, 1.54) is 31.4 Å². The Hall–Kier alpha value is -1.03. The standard InChI is InChI=1S/C14H9Cl3F2O/c1-20-12-4-7(2-3-9(12)14(18)19)10-5-8(15)6-11(16)13(10)17/h2-6,14H,1H3. The quantitative estimate of drug-likeness (QED) is 0.601. The molecule has 0 aliphatic rings. The van der Waals surface area contributed by atoms with E-state index < -0.39 is 6.43 Å². The summed E-state index contributed by atoms with van der Waals surface area (Å²) in [5.41, 5.74) is 0.976. The zero-order chi connectivity index (χ0) is 14.9. The molecular weight excluding hydrogens is 329 g/mol. The predicted octanol–water partition coefficient (Wildman–Crippen LogP) is 6.26. The van der Waals surface area contributed by atoms with E-state index in [1.807, 2.05) is 0 Å². The zero-order valence-corrected chi connectivity index (χ0v) is 12.5. The molecule has 0 atom stereocenters. The van der Waals surface area contributed by atoms with Crippen molar-refractivity contribution in [1.82, 2.24) is 0 Å². The minimum atomic E-state index is -2.61. The predicted molar refractivity (Wildman–Crippen MR) is 78.4 cm³/mol. The third kappa shape index (κ3) is 3.00. The number of hydrogen-bond acceptors (Lipinski definition) is 1. The third-order valence-electron chi connectivity index (χ3n) is 2.77. The number of alkyl halides is 2. The molecule has 0 unspecified atom stereocenters. The second-order valence-electron chi connectivity index (χ2n) is 4.01. The Morgan fingerprint density at radius 1 is 1.05 bits per heavy atom. The summed E-state index contributed by atoms with van der Waals surface area (Å²) >= 11 is 18.0. The molecule has 2 aromatic carbocycles. The molecule has 0 radical (unpaired) electrons. The zero-order valence-electron chi connectivity index (χ0n) is 10.3. The molecule has 2 rings (SSSR count). The van der Waals surface area contributed by atoms with E-state index in [2.05, 4.69) is 0 Å². The highest BCUT2D eigenvalue weighted by atomic mass is 35.5. The average molecular weight is 338 g/mol. The maximum atomic E-state index is 12.8. The van der Waals surface area contributed by atoms with Crippen LogP contribution in [0.15, 0.2) is 30.3 Å². The Kier molecular flexibility index (Phi) is 4.74. The van der Waals surface area contributed by atoms with Crippen molar-refractivity contribution in [2.75, 3.05) is 7.11 Å². The molecule has 0 N–H and O–H groups in total. The second-order valence-corrected chi connectivity index (χ2v) is 5.23. The summed E-state index contributed by atoms with van der Waals surface area (Å²) in [5.74, 6) is 0.0877. The number of ether oxygens (including phenoxy) is 1. The van der Waals surface area contributed by atoms with Crippen LogP contribution >= 0.6 is 34.8 Å². The molecule has 0 amide bonds. The highest BCUT2D eigenvalue weighted by Crippen LogP contribution is 2.39. The number of halogens is 5. The van der Waals surface area contributed by atoms with Crippen LogP contribution in [0.25, 0.3) is 11.1 Å². The van der Waals surface area contributed by atoms with Crippen molar-refractivity contribution in [2.45, 2.75) is 6.43 Å². The van der Waals surface area contributed by atoms with Crippen molar-refractivity contribution >= 4 is 34.8 Å². The topological polar surface area (TPSA) is 9.23 Å². The van der Waals surface area contributed by atoms with Gasteiger partial charge in [0.05, 0.1) is 22.7 Å². The highest BCUT2D eigenvalue weighted by molar-refractivity contribution is 6.45. The Morgan fingerprint density at radius 2 is 1.75 bits per heavy atom. The summed E-state index contributed by atoms with van der Waals surface area (Å²) < 4.78 is 30.6. The van der Waals surface area contributed by atoms with Crippen molar-refractivity contribution in [3.8, 4) is 16.9 Å². The molecule has 0 fully saturated rings. The summed E-state index contributed by atoms with van der Waals surface area (Å²) in [5, 5.41) is 1.01. The van der Waals surface area contributed by atoms with Gasteiger partial charge < -0.3 is 4.74 Å². The van der Waals surface area contributed by atoms with E-state index in [-0.39, 0.29) is 11.3 Å². The summed E-state index contributed by atoms with van der Waals surface area (Å²) in [7, 11) is 1.33. The molecular formula is C14H9Cl3F2O. The molecule has 0 saturated heterocycles. The van der Waals surface area contributed by atoms with Gasteiger partial charge in [0.15, 0.2) is 0 Å². The van der Waals surface area contributed by atoms with E-state index in [1.54, 1.807) is 6.07 Å². The lowest BCUT2D eigenvalue weighted by Gasteiger charge is -2.12. The lowest BCUT2D eigenvalue weighted by Crippen LogP contribution is -1.93. The van der Waals surface area contributed by atoms with E-state index >= 15 is 0 Å². The number of hydrogen-bond donors (Lipinski definition) is 0. The van der Waals surface area contributed by atoms with Crippen LogP contribution in [-0.2, 0) is 0 Å². The SMILES string of the molecule is COc1cc(-c2cc(Cl)cc(Cl)c2Cl)ccc1C(F)F. The molecule has 0 aliphatic heterocycles. The molecule has 20 heavy (non-hydrogen) atoms. The van der Waals surface area contributed by atoms with Crippen LogP contribution in [0.4, 0.5) is 8.78 Å². The molecule has 1 nitrogen and oxygen atoms in total. The fourth-order valence-electron chi connectivity index (χ4n) is 1.83. The molecule has 0 bridgehead atoms. The van der Waals surface area contributed by atoms with Gasteiger partial charge >= 0.3 is 0 Å². The monoisotopic (exact) mass is 336 g/mol. The first-order valence-corrected chi connectivity index (χ1v) is 6.68. The Bertz CT molecular complexity index is 645. The van der Waals surface area contributed by atoms with E-state index in [9.17, 15) is 8.78 Å².